The van der Waals surface area contributed by atoms with E-state index in [1.807, 2.05) is 6.92 Å². The summed E-state index contributed by atoms with van der Waals surface area (Å²) in [6, 6.07) is 7.78. The van der Waals surface area contributed by atoms with Gasteiger partial charge >= 0.3 is 15.0 Å². The zero-order valence-corrected chi connectivity index (χ0v) is 21.5. The number of rotatable bonds is 9. The molecule has 2 aromatic carbocycles. The van der Waals surface area contributed by atoms with E-state index in [1.54, 1.807) is 25.1 Å². The van der Waals surface area contributed by atoms with Gasteiger partial charge in [-0.3, -0.25) is 0 Å². The van der Waals surface area contributed by atoms with Gasteiger partial charge in [-0.1, -0.05) is 23.4 Å². The Hall–Kier alpha value is -1.37. The molecule has 185 valence electrons. The van der Waals surface area contributed by atoms with Crippen LogP contribution in [0.1, 0.15) is 21.3 Å². The Bertz CT molecular complexity index is 783. The zero-order chi connectivity index (χ0) is 24.5. The van der Waals surface area contributed by atoms with Gasteiger partial charge in [0.15, 0.2) is 23.1 Å². The van der Waals surface area contributed by atoms with Crippen molar-refractivity contribution in [3.8, 4) is 17.2 Å². The summed E-state index contributed by atoms with van der Waals surface area (Å²) in [6.45, 7) is 4.42. The van der Waals surface area contributed by atoms with Crippen molar-refractivity contribution in [2.45, 2.75) is 21.3 Å². The molecule has 2 aromatic rings. The summed E-state index contributed by atoms with van der Waals surface area (Å²) in [4.78, 5) is 0. The zero-order valence-electron chi connectivity index (χ0n) is 18.4. The van der Waals surface area contributed by atoms with Gasteiger partial charge in [0.2, 0.25) is 5.82 Å². The molecule has 0 aromatic heterocycles. The Labute approximate surface area is 212 Å². The highest BCUT2D eigenvalue weighted by molar-refractivity contribution is 9.10. The predicted octanol–water partition coefficient (Wildman–Crippen LogP) is 5.43. The van der Waals surface area contributed by atoms with Crippen molar-refractivity contribution in [2.75, 3.05) is 34.5 Å². The maximum Gasteiger partial charge on any atom is 0.638 e. The van der Waals surface area contributed by atoms with Crippen molar-refractivity contribution in [1.29, 1.82) is 0 Å². The van der Waals surface area contributed by atoms with Crippen molar-refractivity contribution < 1.29 is 41.9 Å². The number of halogens is 4. The molecule has 33 heavy (non-hydrogen) atoms. The van der Waals surface area contributed by atoms with Crippen LogP contribution in [-0.4, -0.2) is 54.6 Å². The molecule has 0 atom stereocenters. The molecule has 0 aliphatic rings. The van der Waals surface area contributed by atoms with Crippen LogP contribution in [0.2, 0.25) is 0 Å². The van der Waals surface area contributed by atoms with Crippen LogP contribution in [0.25, 0.3) is 0 Å². The van der Waals surface area contributed by atoms with Crippen LogP contribution in [-0.2, 0) is 14.0 Å². The number of ether oxygens (including phenoxy) is 2. The van der Waals surface area contributed by atoms with Crippen LogP contribution in [0.15, 0.2) is 39.3 Å². The molecule has 0 spiro atoms. The average molecular weight is 601 g/mol. The first-order valence-electron chi connectivity index (χ1n) is 9.18. The van der Waals surface area contributed by atoms with E-state index in [2.05, 4.69) is 50.5 Å². The molecule has 1 N–H and O–H groups in total. The van der Waals surface area contributed by atoms with Gasteiger partial charge in [-0.25, -0.2) is 4.39 Å². The minimum atomic E-state index is -0.647. The maximum atomic E-state index is 13.5. The van der Waals surface area contributed by atoms with E-state index in [4.69, 9.17) is 14.5 Å². The number of hydrogen-bond acceptors (Lipinski definition) is 7. The topological polar surface area (TPSA) is 75.6 Å². The Morgan fingerprint density at radius 1 is 0.909 bits per heavy atom. The minimum Gasteiger partial charge on any atom is -0.534 e. The second kappa shape index (κ2) is 20.0. The largest absolute Gasteiger partial charge is 0.638 e. The van der Waals surface area contributed by atoms with Gasteiger partial charge in [0, 0.05) is 25.8 Å². The van der Waals surface area contributed by atoms with Crippen LogP contribution in [0.3, 0.4) is 0 Å². The minimum absolute atomic E-state index is 0. The fourth-order valence-corrected chi connectivity index (χ4v) is 2.71. The van der Waals surface area contributed by atoms with Crippen LogP contribution in [0.4, 0.5) is 8.78 Å². The molecule has 0 amide bonds. The summed E-state index contributed by atoms with van der Waals surface area (Å²) in [7, 11) is 4.44. The Kier molecular flexibility index (Phi) is 20.5. The fourth-order valence-electron chi connectivity index (χ4n) is 1.98. The third-order valence-electron chi connectivity index (χ3n) is 3.26. The molecule has 0 aliphatic heterocycles. The Morgan fingerprint density at radius 2 is 1.42 bits per heavy atom. The fraction of sp³-hybridized carbons (Fsp3) is 0.400. The van der Waals surface area contributed by atoms with Crippen LogP contribution in [0.5, 0.6) is 17.2 Å². The van der Waals surface area contributed by atoms with E-state index in [1.165, 1.54) is 33.5 Å². The van der Waals surface area contributed by atoms with Crippen LogP contribution in [0, 0.1) is 11.6 Å². The summed E-state index contributed by atoms with van der Waals surface area (Å²) in [5, 5.41) is 8.41. The van der Waals surface area contributed by atoms with E-state index >= 15 is 0 Å². The molecule has 1 radical (unpaired) electrons. The molecule has 7 nitrogen and oxygen atoms in total. The smallest absolute Gasteiger partial charge is 0.534 e. The lowest BCUT2D eigenvalue weighted by atomic mass is 10.2. The van der Waals surface area contributed by atoms with Crippen LogP contribution >= 0.6 is 31.9 Å². The lowest BCUT2D eigenvalue weighted by Crippen LogP contribution is -2.21. The molecule has 0 heterocycles. The summed E-state index contributed by atoms with van der Waals surface area (Å²) in [5.41, 5.74) is 0. The quantitative estimate of drug-likeness (QED) is 0.385. The summed E-state index contributed by atoms with van der Waals surface area (Å²) >= 11 is 6.23. The van der Waals surface area contributed by atoms with Crippen molar-refractivity contribution in [1.82, 2.24) is 0 Å². The first kappa shape index (κ1) is 33.8. The molecule has 2 rings (SSSR count). The molecule has 0 fully saturated rings. The van der Waals surface area contributed by atoms with E-state index < -0.39 is 13.1 Å². The lowest BCUT2D eigenvalue weighted by Gasteiger charge is -2.10. The number of hydrogen-bond donors (Lipinski definition) is 1. The maximum absolute atomic E-state index is 13.5. The summed E-state index contributed by atoms with van der Waals surface area (Å²) in [5.74, 6) is -0.686. The molecular formula is C20H29B2Br2F2O7. The summed E-state index contributed by atoms with van der Waals surface area (Å²) < 4.78 is 55.9. The van der Waals surface area contributed by atoms with Gasteiger partial charge in [-0.2, -0.15) is 4.39 Å². The first-order chi connectivity index (χ1) is 15.3. The first-order valence-corrected chi connectivity index (χ1v) is 10.8. The van der Waals surface area contributed by atoms with E-state index in [9.17, 15) is 8.78 Å². The van der Waals surface area contributed by atoms with Crippen molar-refractivity contribution in [3.05, 3.63) is 50.9 Å². The second-order valence-electron chi connectivity index (χ2n) is 5.35. The van der Waals surface area contributed by atoms with Crippen molar-refractivity contribution in [3.63, 3.8) is 0 Å². The number of benzene rings is 2. The van der Waals surface area contributed by atoms with E-state index in [0.29, 0.717) is 31.1 Å². The Morgan fingerprint density at radius 3 is 1.85 bits per heavy atom. The molecule has 0 bridgehead atoms. The van der Waals surface area contributed by atoms with Crippen molar-refractivity contribution >= 4 is 46.9 Å². The van der Waals surface area contributed by atoms with Crippen LogP contribution < -0.4 is 14.1 Å². The van der Waals surface area contributed by atoms with Gasteiger partial charge in [0.05, 0.1) is 17.7 Å². The van der Waals surface area contributed by atoms with E-state index in [-0.39, 0.29) is 24.7 Å². The molecule has 13 heteroatoms. The van der Waals surface area contributed by atoms with Crippen molar-refractivity contribution in [2.24, 2.45) is 0 Å². The highest BCUT2D eigenvalue weighted by Crippen LogP contribution is 2.33. The van der Waals surface area contributed by atoms with E-state index in [0.717, 1.165) is 4.47 Å². The standard InChI is InChI=1S/C8H8BBrFO3.C8H8BrFO.C3H9BO3.CH4/c1-2-13-6-4-3-5(10)8(7(6)11)14-9-12;1-2-11-8-4-3-6(9)5-7(8)10;1-5-4(6-2)7-3;/h3-4,12H,2H2,1H3;3-5H,2H2,1H3;1-3H3;1H4. The predicted molar refractivity (Wildman–Crippen MR) is 133 cm³/mol. The van der Waals surface area contributed by atoms with Gasteiger partial charge in [-0.15, -0.1) is 0 Å². The lowest BCUT2D eigenvalue weighted by molar-refractivity contribution is 0.163. The van der Waals surface area contributed by atoms with Gasteiger partial charge in [-0.05, 0) is 60.1 Å². The van der Waals surface area contributed by atoms with Gasteiger partial charge in [0.25, 0.3) is 0 Å². The molecule has 0 aliphatic carbocycles. The molecular weight excluding hydrogens is 572 g/mol. The molecule has 0 unspecified atom stereocenters. The van der Waals surface area contributed by atoms with Gasteiger partial charge in [0.1, 0.15) is 0 Å². The normalized spacial score (nSPS) is 9.27. The molecule has 0 saturated carbocycles. The SMILES string of the molecule is C.CCOc1ccc(Br)c(O[B]O)c1F.CCOc1ccc(Br)cc1F.COB(OC)OC. The summed E-state index contributed by atoms with van der Waals surface area (Å²) in [6.07, 6.45) is 0. The monoisotopic (exact) mass is 599 g/mol. The molecule has 0 saturated heterocycles. The van der Waals surface area contributed by atoms with Gasteiger partial charge < -0.3 is 33.1 Å². The Balaban J connectivity index is 0. The highest BCUT2D eigenvalue weighted by Gasteiger charge is 2.14. The third kappa shape index (κ3) is 13.2. The second-order valence-corrected chi connectivity index (χ2v) is 7.12. The highest BCUT2D eigenvalue weighted by atomic mass is 79.9. The third-order valence-corrected chi connectivity index (χ3v) is 4.37. The average Bonchev–Trinajstić information content (AvgIpc) is 2.77.